The van der Waals surface area contributed by atoms with Crippen LogP contribution in [0, 0.1) is 0 Å². The van der Waals surface area contributed by atoms with E-state index in [-0.39, 0.29) is 0 Å². The molecule has 0 bridgehead atoms. The molecule has 128 valence electrons. The van der Waals surface area contributed by atoms with E-state index < -0.39 is 8.07 Å². The van der Waals surface area contributed by atoms with Crippen molar-refractivity contribution in [2.45, 2.75) is 77.9 Å². The van der Waals surface area contributed by atoms with Crippen LogP contribution in [0.5, 0.6) is 0 Å². The lowest BCUT2D eigenvalue weighted by Gasteiger charge is -2.26. The van der Waals surface area contributed by atoms with Gasteiger partial charge in [-0.15, -0.1) is 22.7 Å². The molecule has 0 fully saturated rings. The van der Waals surface area contributed by atoms with Crippen molar-refractivity contribution in [2.75, 3.05) is 0 Å². The Morgan fingerprint density at radius 1 is 0.739 bits per heavy atom. The summed E-state index contributed by atoms with van der Waals surface area (Å²) in [6, 6.07) is 13.7. The summed E-state index contributed by atoms with van der Waals surface area (Å²) in [6.45, 7) is 9.48. The maximum Gasteiger partial charge on any atom is 0.0987 e. The Kier molecular flexibility index (Phi) is 7.57. The van der Waals surface area contributed by atoms with Gasteiger partial charge in [-0.1, -0.05) is 71.2 Å². The minimum absolute atomic E-state index is 1.21. The van der Waals surface area contributed by atoms with E-state index in [2.05, 4.69) is 63.3 Å². The van der Waals surface area contributed by atoms with Gasteiger partial charge in [0.2, 0.25) is 0 Å². The molecular weight excluding hydrogens is 332 g/mol. The van der Waals surface area contributed by atoms with E-state index in [1.807, 2.05) is 11.3 Å². The first kappa shape index (κ1) is 18.9. The third kappa shape index (κ3) is 4.58. The van der Waals surface area contributed by atoms with Crippen LogP contribution in [-0.4, -0.2) is 8.07 Å². The van der Waals surface area contributed by atoms with Crippen LogP contribution < -0.4 is 4.50 Å². The molecule has 2 aromatic rings. The lowest BCUT2D eigenvalue weighted by atomic mass is 10.1. The lowest BCUT2D eigenvalue weighted by molar-refractivity contribution is 0.670. The fraction of sp³-hybridized carbons (Fsp3) is 0.600. The van der Waals surface area contributed by atoms with Crippen molar-refractivity contribution in [3.63, 3.8) is 0 Å². The second-order valence-corrected chi connectivity index (χ2v) is 14.4. The zero-order chi connectivity index (χ0) is 16.7. The van der Waals surface area contributed by atoms with E-state index >= 15 is 0 Å². The summed E-state index contributed by atoms with van der Waals surface area (Å²) in [5, 5.41) is 0. The molecular formula is C20H32S2Si. The van der Waals surface area contributed by atoms with Gasteiger partial charge in [-0.3, -0.25) is 0 Å². The van der Waals surface area contributed by atoms with Crippen LogP contribution in [0.1, 0.15) is 58.3 Å². The molecule has 2 heterocycles. The average Bonchev–Trinajstić information content (AvgIpc) is 3.23. The van der Waals surface area contributed by atoms with Crippen LogP contribution in [0.25, 0.3) is 9.75 Å². The van der Waals surface area contributed by atoms with E-state index in [1.165, 1.54) is 60.0 Å². The Bertz CT molecular complexity index is 570. The van der Waals surface area contributed by atoms with Crippen molar-refractivity contribution in [1.29, 1.82) is 0 Å². The molecule has 0 nitrogen and oxygen atoms in total. The third-order valence-electron chi connectivity index (χ3n) is 5.34. The zero-order valence-electron chi connectivity index (χ0n) is 15.3. The second-order valence-electron chi connectivity index (χ2n) is 6.58. The fourth-order valence-electron chi connectivity index (χ4n) is 3.40. The van der Waals surface area contributed by atoms with Crippen molar-refractivity contribution in [1.82, 2.24) is 0 Å². The second kappa shape index (κ2) is 9.19. The molecule has 0 atom stereocenters. The fourth-order valence-corrected chi connectivity index (χ4v) is 10.8. The minimum atomic E-state index is -1.21. The van der Waals surface area contributed by atoms with Crippen molar-refractivity contribution in [3.05, 3.63) is 29.1 Å². The van der Waals surface area contributed by atoms with Gasteiger partial charge < -0.3 is 0 Å². The van der Waals surface area contributed by atoms with Crippen molar-refractivity contribution >= 4 is 35.2 Å². The maximum atomic E-state index is 2.45. The third-order valence-corrected chi connectivity index (χ3v) is 14.5. The first-order chi connectivity index (χ1) is 11.2. The number of rotatable bonds is 10. The molecule has 0 aliphatic rings. The Hall–Kier alpha value is -0.383. The van der Waals surface area contributed by atoms with Crippen LogP contribution in [0.15, 0.2) is 24.3 Å². The highest BCUT2D eigenvalue weighted by molar-refractivity contribution is 7.31. The van der Waals surface area contributed by atoms with Crippen LogP contribution >= 0.6 is 22.7 Å². The number of hydrogen-bond donors (Lipinski definition) is 0. The Labute approximate surface area is 152 Å². The number of unbranched alkanes of at least 4 members (excludes halogenated alkanes) is 3. The Balaban J connectivity index is 2.07. The SMILES string of the molecule is CCCCCCc1ccc(-c2ccc([Si](CC)(CC)CC)s2)s1. The molecule has 2 aromatic heterocycles. The zero-order valence-corrected chi connectivity index (χ0v) is 17.9. The molecule has 23 heavy (non-hydrogen) atoms. The van der Waals surface area contributed by atoms with Gasteiger partial charge in [0, 0.05) is 14.6 Å². The summed E-state index contributed by atoms with van der Waals surface area (Å²) in [5.74, 6) is 0. The van der Waals surface area contributed by atoms with E-state index in [9.17, 15) is 0 Å². The molecule has 0 spiro atoms. The molecule has 0 saturated carbocycles. The summed E-state index contributed by atoms with van der Waals surface area (Å²) in [6.07, 6.45) is 6.70. The monoisotopic (exact) mass is 364 g/mol. The van der Waals surface area contributed by atoms with Crippen LogP contribution in [0.2, 0.25) is 18.1 Å². The van der Waals surface area contributed by atoms with Gasteiger partial charge in [0.15, 0.2) is 0 Å². The molecule has 2 rings (SSSR count). The first-order valence-corrected chi connectivity index (χ1v) is 13.6. The highest BCUT2D eigenvalue weighted by atomic mass is 32.1. The number of thiophene rings is 2. The van der Waals surface area contributed by atoms with Crippen LogP contribution in [-0.2, 0) is 6.42 Å². The molecule has 3 heteroatoms. The molecule has 0 amide bonds. The standard InChI is InChI=1S/C20H32S2Si/c1-5-9-10-11-12-17-13-14-18(21-17)19-15-16-20(22-19)23(6-2,7-3)8-4/h13-16H,5-12H2,1-4H3. The van der Waals surface area contributed by atoms with E-state index in [4.69, 9.17) is 0 Å². The van der Waals surface area contributed by atoms with E-state index in [1.54, 1.807) is 9.38 Å². The molecule has 0 aromatic carbocycles. The van der Waals surface area contributed by atoms with E-state index in [0.717, 1.165) is 0 Å². The van der Waals surface area contributed by atoms with Crippen LogP contribution in [0.4, 0.5) is 0 Å². The van der Waals surface area contributed by atoms with E-state index in [0.29, 0.717) is 0 Å². The van der Waals surface area contributed by atoms with Gasteiger partial charge in [0.25, 0.3) is 0 Å². The normalized spacial score (nSPS) is 12.0. The summed E-state index contributed by atoms with van der Waals surface area (Å²) in [7, 11) is -1.21. The smallest absolute Gasteiger partial charge is 0.0987 e. The summed E-state index contributed by atoms with van der Waals surface area (Å²) in [4.78, 5) is 4.55. The first-order valence-electron chi connectivity index (χ1n) is 9.38. The minimum Gasteiger partial charge on any atom is -0.144 e. The highest BCUT2D eigenvalue weighted by Gasteiger charge is 2.30. The number of hydrogen-bond acceptors (Lipinski definition) is 2. The van der Waals surface area contributed by atoms with Crippen LogP contribution in [0.3, 0.4) is 0 Å². The predicted molar refractivity (Wildman–Crippen MR) is 112 cm³/mol. The van der Waals surface area contributed by atoms with Gasteiger partial charge in [-0.25, -0.2) is 0 Å². The summed E-state index contributed by atoms with van der Waals surface area (Å²) >= 11 is 4.10. The molecule has 0 unspecified atom stereocenters. The Morgan fingerprint density at radius 3 is 2.04 bits per heavy atom. The van der Waals surface area contributed by atoms with Gasteiger partial charge in [0.1, 0.15) is 0 Å². The van der Waals surface area contributed by atoms with Gasteiger partial charge >= 0.3 is 0 Å². The van der Waals surface area contributed by atoms with Gasteiger partial charge in [-0.2, -0.15) is 0 Å². The molecule has 0 saturated heterocycles. The van der Waals surface area contributed by atoms with Crippen molar-refractivity contribution < 1.29 is 0 Å². The maximum absolute atomic E-state index is 2.45. The van der Waals surface area contributed by atoms with Crippen molar-refractivity contribution in [3.8, 4) is 9.75 Å². The lowest BCUT2D eigenvalue weighted by Crippen LogP contribution is -2.43. The molecule has 0 aliphatic carbocycles. The van der Waals surface area contributed by atoms with Gasteiger partial charge in [0.05, 0.1) is 8.07 Å². The molecule has 0 N–H and O–H groups in total. The topological polar surface area (TPSA) is 0 Å². The van der Waals surface area contributed by atoms with Gasteiger partial charge in [-0.05, 0) is 35.5 Å². The largest absolute Gasteiger partial charge is 0.144 e. The van der Waals surface area contributed by atoms with Crippen molar-refractivity contribution in [2.24, 2.45) is 0 Å². The predicted octanol–water partition coefficient (Wildman–Crippen LogP) is 7.31. The summed E-state index contributed by atoms with van der Waals surface area (Å²) < 4.78 is 1.72. The Morgan fingerprint density at radius 2 is 1.39 bits per heavy atom. The highest BCUT2D eigenvalue weighted by Crippen LogP contribution is 2.34. The molecule has 0 radical (unpaired) electrons. The molecule has 0 aliphatic heterocycles. The quantitative estimate of drug-likeness (QED) is 0.306. The summed E-state index contributed by atoms with van der Waals surface area (Å²) in [5.41, 5.74) is 0. The number of aryl methyl sites for hydroxylation is 1. The average molecular weight is 365 g/mol.